The summed E-state index contributed by atoms with van der Waals surface area (Å²) in [5.74, 6) is 0.0162. The Kier molecular flexibility index (Phi) is 8.87. The maximum Gasteiger partial charge on any atom is 0.0982 e. The molecule has 0 aliphatic heterocycles. The van der Waals surface area contributed by atoms with Gasteiger partial charge in [0.05, 0.1) is 12.2 Å². The van der Waals surface area contributed by atoms with E-state index in [2.05, 4.69) is 74.0 Å². The molecule has 1 aromatic rings. The van der Waals surface area contributed by atoms with Gasteiger partial charge < -0.3 is 10.2 Å². The Labute approximate surface area is 191 Å². The van der Waals surface area contributed by atoms with E-state index in [9.17, 15) is 10.2 Å². The molecule has 0 amide bonds. The minimum atomic E-state index is -0.573. The van der Waals surface area contributed by atoms with Gasteiger partial charge >= 0.3 is 0 Å². The van der Waals surface area contributed by atoms with Gasteiger partial charge in [-0.05, 0) is 49.5 Å². The van der Waals surface area contributed by atoms with Crippen molar-refractivity contribution in [3.63, 3.8) is 0 Å². The third kappa shape index (κ3) is 5.65. The molecule has 0 spiro atoms. The Hall–Kier alpha value is -1.50. The van der Waals surface area contributed by atoms with Crippen molar-refractivity contribution in [1.82, 2.24) is 9.80 Å². The zero-order valence-electron chi connectivity index (χ0n) is 19.4. The molecule has 4 atom stereocenters. The Balaban J connectivity index is 1.68. The number of likely N-dealkylation sites (N-methyl/N-ethyl adjacent to an activating group) is 2. The average molecular weight is 443 g/mol. The molecule has 0 fully saturated rings. The molecule has 0 saturated carbocycles. The molecule has 4 nitrogen and oxygen atoms in total. The summed E-state index contributed by atoms with van der Waals surface area (Å²) in [6.07, 6.45) is 11.5. The maximum atomic E-state index is 11.1. The van der Waals surface area contributed by atoms with E-state index >= 15 is 0 Å². The van der Waals surface area contributed by atoms with Crippen molar-refractivity contribution >= 4 is 11.3 Å². The largest absolute Gasteiger partial charge is 0.387 e. The van der Waals surface area contributed by atoms with Gasteiger partial charge in [-0.3, -0.25) is 9.80 Å². The summed E-state index contributed by atoms with van der Waals surface area (Å²) in [6.45, 7) is 14.5. The number of hydrogen-bond donors (Lipinski definition) is 2. The van der Waals surface area contributed by atoms with Crippen molar-refractivity contribution in [2.75, 3.05) is 39.3 Å². The van der Waals surface area contributed by atoms with Crippen LogP contribution in [0.3, 0.4) is 0 Å². The number of thiophene rings is 1. The van der Waals surface area contributed by atoms with Gasteiger partial charge in [0, 0.05) is 34.7 Å². The van der Waals surface area contributed by atoms with Crippen LogP contribution in [0.25, 0.3) is 0 Å². The van der Waals surface area contributed by atoms with Crippen LogP contribution < -0.4 is 0 Å². The van der Waals surface area contributed by atoms with Crippen molar-refractivity contribution in [3.05, 3.63) is 69.5 Å². The summed E-state index contributed by atoms with van der Waals surface area (Å²) in [5, 5.41) is 22.3. The Morgan fingerprint density at radius 1 is 0.742 bits per heavy atom. The molecule has 1 heterocycles. The number of nitrogens with zero attached hydrogens (tertiary/aromatic N) is 2. The first-order valence-electron chi connectivity index (χ1n) is 11.7. The molecule has 170 valence electrons. The molecule has 2 N–H and O–H groups in total. The summed E-state index contributed by atoms with van der Waals surface area (Å²) in [6, 6.07) is 3.98. The van der Waals surface area contributed by atoms with Crippen LogP contribution in [-0.4, -0.2) is 59.3 Å². The smallest absolute Gasteiger partial charge is 0.0982 e. The molecule has 2 aliphatic rings. The molecule has 4 unspecified atom stereocenters. The average Bonchev–Trinajstić information content (AvgIpc) is 3.55. The fourth-order valence-electron chi connectivity index (χ4n) is 4.45. The van der Waals surface area contributed by atoms with Crippen molar-refractivity contribution in [1.29, 1.82) is 0 Å². The number of hydrogen-bond acceptors (Lipinski definition) is 5. The van der Waals surface area contributed by atoms with Gasteiger partial charge in [-0.1, -0.05) is 64.2 Å². The summed E-state index contributed by atoms with van der Waals surface area (Å²) in [5.41, 5.74) is 2.52. The summed E-state index contributed by atoms with van der Waals surface area (Å²) in [7, 11) is 0. The summed E-state index contributed by atoms with van der Waals surface area (Å²) >= 11 is 1.54. The highest BCUT2D eigenvalue weighted by molar-refractivity contribution is 7.12. The van der Waals surface area contributed by atoms with Gasteiger partial charge in [-0.25, -0.2) is 0 Å². The first kappa shape index (κ1) is 24.1. The van der Waals surface area contributed by atoms with E-state index in [0.29, 0.717) is 0 Å². The Morgan fingerprint density at radius 2 is 1.13 bits per heavy atom. The van der Waals surface area contributed by atoms with Crippen molar-refractivity contribution in [3.8, 4) is 0 Å². The minimum Gasteiger partial charge on any atom is -0.387 e. The van der Waals surface area contributed by atoms with Crippen LogP contribution in [0.4, 0.5) is 0 Å². The molecular weight excluding hydrogens is 404 g/mol. The first-order valence-corrected chi connectivity index (χ1v) is 12.5. The van der Waals surface area contributed by atoms with Gasteiger partial charge in [0.25, 0.3) is 0 Å². The lowest BCUT2D eigenvalue weighted by Crippen LogP contribution is -2.28. The van der Waals surface area contributed by atoms with Crippen molar-refractivity contribution < 1.29 is 10.2 Å². The van der Waals surface area contributed by atoms with Crippen LogP contribution in [0.1, 0.15) is 49.7 Å². The van der Waals surface area contributed by atoms with Gasteiger partial charge in [-0.2, -0.15) is 0 Å². The molecule has 1 aromatic heterocycles. The van der Waals surface area contributed by atoms with Crippen LogP contribution in [0, 0.1) is 11.8 Å². The predicted molar refractivity (Wildman–Crippen MR) is 131 cm³/mol. The third-order valence-corrected chi connectivity index (χ3v) is 7.85. The van der Waals surface area contributed by atoms with E-state index in [-0.39, 0.29) is 11.8 Å². The Morgan fingerprint density at radius 3 is 1.48 bits per heavy atom. The van der Waals surface area contributed by atoms with Crippen LogP contribution in [0.15, 0.2) is 59.7 Å². The highest BCUT2D eigenvalue weighted by Crippen LogP contribution is 2.40. The zero-order valence-corrected chi connectivity index (χ0v) is 20.2. The SMILES string of the molecule is CCN(CC)CC1=CC=CC1C(O)c1ccc(C(O)C2C=CC=C2CN(CC)CC)s1. The quantitative estimate of drug-likeness (QED) is 0.492. The normalized spacial score (nSPS) is 22.5. The number of allylic oxidation sites excluding steroid dienone is 4. The van der Waals surface area contributed by atoms with Crippen molar-refractivity contribution in [2.24, 2.45) is 11.8 Å². The number of aliphatic hydroxyl groups excluding tert-OH is 2. The third-order valence-electron chi connectivity index (χ3n) is 6.63. The van der Waals surface area contributed by atoms with Crippen molar-refractivity contribution in [2.45, 2.75) is 39.9 Å². The van der Waals surface area contributed by atoms with E-state index in [1.807, 2.05) is 12.1 Å². The van der Waals surface area contributed by atoms with Crippen LogP contribution in [0.5, 0.6) is 0 Å². The van der Waals surface area contributed by atoms with Gasteiger partial charge in [-0.15, -0.1) is 11.3 Å². The molecule has 5 heteroatoms. The molecule has 0 bridgehead atoms. The second-order valence-corrected chi connectivity index (χ2v) is 9.50. The molecule has 0 radical (unpaired) electrons. The second-order valence-electron chi connectivity index (χ2n) is 8.36. The molecule has 2 aliphatic carbocycles. The highest BCUT2D eigenvalue weighted by atomic mass is 32.1. The van der Waals surface area contributed by atoms with Crippen LogP contribution in [0.2, 0.25) is 0 Å². The molecular formula is C26H38N2O2S. The molecule has 3 rings (SSSR count). The highest BCUT2D eigenvalue weighted by Gasteiger charge is 2.30. The monoisotopic (exact) mass is 442 g/mol. The lowest BCUT2D eigenvalue weighted by Gasteiger charge is -2.25. The summed E-state index contributed by atoms with van der Waals surface area (Å²) in [4.78, 5) is 6.59. The fourth-order valence-corrected chi connectivity index (χ4v) is 5.53. The lowest BCUT2D eigenvalue weighted by atomic mass is 9.94. The fraction of sp³-hybridized carbons (Fsp3) is 0.538. The standard InChI is InChI=1S/C26H38N2O2S/c1-5-27(6-2)17-19-11-9-13-21(19)25(29)23-15-16-24(31-23)26(30)22-14-10-12-20(22)18-28(7-3)8-4/h9-16,21-22,25-26,29-30H,5-8,17-18H2,1-4H3. The van der Waals surface area contributed by atoms with Gasteiger partial charge in [0.15, 0.2) is 0 Å². The van der Waals surface area contributed by atoms with E-state index < -0.39 is 12.2 Å². The molecule has 31 heavy (non-hydrogen) atoms. The minimum absolute atomic E-state index is 0.00810. The van der Waals surface area contributed by atoms with E-state index in [1.165, 1.54) is 22.5 Å². The van der Waals surface area contributed by atoms with E-state index in [0.717, 1.165) is 49.0 Å². The lowest BCUT2D eigenvalue weighted by molar-refractivity contribution is 0.145. The van der Waals surface area contributed by atoms with Crippen LogP contribution in [-0.2, 0) is 0 Å². The summed E-state index contributed by atoms with van der Waals surface area (Å²) < 4.78 is 0. The predicted octanol–water partition coefficient (Wildman–Crippen LogP) is 4.72. The number of aliphatic hydroxyl groups is 2. The van der Waals surface area contributed by atoms with Gasteiger partial charge in [0.2, 0.25) is 0 Å². The zero-order chi connectivity index (χ0) is 22.4. The van der Waals surface area contributed by atoms with E-state index in [4.69, 9.17) is 0 Å². The maximum absolute atomic E-state index is 11.1. The topological polar surface area (TPSA) is 46.9 Å². The van der Waals surface area contributed by atoms with Crippen LogP contribution >= 0.6 is 11.3 Å². The molecule has 0 saturated heterocycles. The molecule has 0 aromatic carbocycles. The van der Waals surface area contributed by atoms with Gasteiger partial charge in [0.1, 0.15) is 0 Å². The Bertz CT molecular complexity index is 764. The van der Waals surface area contributed by atoms with E-state index in [1.54, 1.807) is 0 Å². The first-order chi connectivity index (χ1) is 15.0. The second kappa shape index (κ2) is 11.4. The number of rotatable bonds is 12.